The van der Waals surface area contributed by atoms with Crippen LogP contribution in [0.2, 0.25) is 0 Å². The number of nitrogens with one attached hydrogen (secondary N) is 1. The summed E-state index contributed by atoms with van der Waals surface area (Å²) in [6, 6.07) is 0. The van der Waals surface area contributed by atoms with Crippen LogP contribution in [-0.2, 0) is 19.1 Å². The Morgan fingerprint density at radius 3 is 2.86 bits per heavy atom. The molecule has 1 fully saturated rings. The number of carbonyl (C=O) groups excluding carboxylic acids is 2. The molecule has 1 unspecified atom stereocenters. The van der Waals surface area contributed by atoms with E-state index in [1.807, 2.05) is 4.90 Å². The molecule has 0 aromatic rings. The first-order valence-electron chi connectivity index (χ1n) is 7.83. The van der Waals surface area contributed by atoms with Gasteiger partial charge in [0.15, 0.2) is 0 Å². The number of methoxy groups -OCH3 is 1. The normalized spacial score (nSPS) is 18.0. The summed E-state index contributed by atoms with van der Waals surface area (Å²) < 4.78 is 10.3. The van der Waals surface area contributed by atoms with Gasteiger partial charge < -0.3 is 14.8 Å². The lowest BCUT2D eigenvalue weighted by Crippen LogP contribution is -2.42. The van der Waals surface area contributed by atoms with Crippen LogP contribution in [0.3, 0.4) is 0 Å². The van der Waals surface area contributed by atoms with Gasteiger partial charge in [0.1, 0.15) is 0 Å². The van der Waals surface area contributed by atoms with Crippen molar-refractivity contribution < 1.29 is 19.1 Å². The molecule has 0 aliphatic carbocycles. The monoisotopic (exact) mass is 300 g/mol. The largest absolute Gasteiger partial charge is 0.469 e. The fraction of sp³-hybridized carbons (Fsp3) is 0.867. The number of rotatable bonds is 10. The summed E-state index contributed by atoms with van der Waals surface area (Å²) in [4.78, 5) is 25.2. The highest BCUT2D eigenvalue weighted by Crippen LogP contribution is 2.13. The van der Waals surface area contributed by atoms with Crippen molar-refractivity contribution in [3.05, 3.63) is 0 Å². The Labute approximate surface area is 127 Å². The Bertz CT molecular complexity index is 317. The highest BCUT2D eigenvalue weighted by molar-refractivity contribution is 5.78. The minimum atomic E-state index is -0.251. The number of unbranched alkanes of at least 4 members (excludes halogenated alkanes) is 1. The highest BCUT2D eigenvalue weighted by atomic mass is 16.5. The second kappa shape index (κ2) is 10.6. The van der Waals surface area contributed by atoms with Gasteiger partial charge in [0.05, 0.1) is 26.2 Å². The lowest BCUT2D eigenvalue weighted by atomic mass is 10.2. The van der Waals surface area contributed by atoms with Gasteiger partial charge in [-0.3, -0.25) is 14.5 Å². The quantitative estimate of drug-likeness (QED) is 0.480. The molecule has 21 heavy (non-hydrogen) atoms. The molecule has 0 spiro atoms. The molecule has 1 aliphatic heterocycles. The van der Waals surface area contributed by atoms with E-state index in [-0.39, 0.29) is 18.0 Å². The third-order valence-corrected chi connectivity index (χ3v) is 3.57. The van der Waals surface area contributed by atoms with Gasteiger partial charge >= 0.3 is 5.97 Å². The Kier molecular flexibility index (Phi) is 9.01. The minimum Gasteiger partial charge on any atom is -0.469 e. The van der Waals surface area contributed by atoms with Crippen molar-refractivity contribution in [1.82, 2.24) is 10.2 Å². The van der Waals surface area contributed by atoms with E-state index in [0.29, 0.717) is 32.6 Å². The van der Waals surface area contributed by atoms with Crippen LogP contribution >= 0.6 is 0 Å². The van der Waals surface area contributed by atoms with Crippen LogP contribution in [-0.4, -0.2) is 62.8 Å². The predicted molar refractivity (Wildman–Crippen MR) is 80.0 cm³/mol. The first kappa shape index (κ1) is 17.9. The Morgan fingerprint density at radius 1 is 1.43 bits per heavy atom. The number of ether oxygens (including phenoxy) is 2. The van der Waals surface area contributed by atoms with Crippen molar-refractivity contribution >= 4 is 11.9 Å². The van der Waals surface area contributed by atoms with Gasteiger partial charge in [0.2, 0.25) is 5.91 Å². The van der Waals surface area contributed by atoms with Crippen LogP contribution in [0.15, 0.2) is 0 Å². The molecule has 1 saturated heterocycles. The van der Waals surface area contributed by atoms with Gasteiger partial charge in [-0.2, -0.15) is 0 Å². The third kappa shape index (κ3) is 8.02. The Morgan fingerprint density at radius 2 is 2.24 bits per heavy atom. The highest BCUT2D eigenvalue weighted by Gasteiger charge is 2.21. The summed E-state index contributed by atoms with van der Waals surface area (Å²) in [5.74, 6) is -0.245. The smallest absolute Gasteiger partial charge is 0.306 e. The summed E-state index contributed by atoms with van der Waals surface area (Å²) in [5.41, 5.74) is 0. The maximum Gasteiger partial charge on any atom is 0.306 e. The standard InChI is InChI=1S/C15H28N2O4/c1-3-4-8-16-14(18)12-17(9-7-15(19)20-2)11-13-6-5-10-21-13/h13H,3-12H2,1-2H3,(H,16,18). The zero-order valence-corrected chi connectivity index (χ0v) is 13.2. The Hall–Kier alpha value is -1.14. The lowest BCUT2D eigenvalue weighted by Gasteiger charge is -2.24. The molecule has 1 amide bonds. The molecule has 122 valence electrons. The topological polar surface area (TPSA) is 67.9 Å². The van der Waals surface area contributed by atoms with Gasteiger partial charge in [0, 0.05) is 26.2 Å². The SMILES string of the molecule is CCCCNC(=O)CN(CCC(=O)OC)CC1CCCO1. The van der Waals surface area contributed by atoms with Gasteiger partial charge in [-0.25, -0.2) is 0 Å². The van der Waals surface area contributed by atoms with Crippen molar-refractivity contribution in [2.75, 3.05) is 39.9 Å². The first-order chi connectivity index (χ1) is 10.2. The van der Waals surface area contributed by atoms with Crippen LogP contribution in [0, 0.1) is 0 Å². The van der Waals surface area contributed by atoms with Gasteiger partial charge in [-0.15, -0.1) is 0 Å². The average Bonchev–Trinajstić information content (AvgIpc) is 2.97. The molecule has 1 heterocycles. The van der Waals surface area contributed by atoms with Gasteiger partial charge in [0.25, 0.3) is 0 Å². The van der Waals surface area contributed by atoms with Crippen LogP contribution in [0.5, 0.6) is 0 Å². The number of amides is 1. The van der Waals surface area contributed by atoms with E-state index in [2.05, 4.69) is 17.0 Å². The van der Waals surface area contributed by atoms with Crippen molar-refractivity contribution in [3.8, 4) is 0 Å². The van der Waals surface area contributed by atoms with Crippen molar-refractivity contribution in [2.24, 2.45) is 0 Å². The molecule has 6 heteroatoms. The zero-order valence-electron chi connectivity index (χ0n) is 13.2. The zero-order chi connectivity index (χ0) is 15.5. The van der Waals surface area contributed by atoms with Crippen molar-refractivity contribution in [2.45, 2.75) is 45.1 Å². The molecule has 1 rings (SSSR count). The van der Waals surface area contributed by atoms with Crippen LogP contribution in [0.4, 0.5) is 0 Å². The molecule has 0 aromatic heterocycles. The summed E-state index contributed by atoms with van der Waals surface area (Å²) in [6.45, 7) is 5.11. The van der Waals surface area contributed by atoms with Gasteiger partial charge in [-0.1, -0.05) is 13.3 Å². The molecule has 0 radical (unpaired) electrons. The molecule has 1 atom stereocenters. The molecular formula is C15H28N2O4. The molecular weight excluding hydrogens is 272 g/mol. The molecule has 1 N–H and O–H groups in total. The summed E-state index contributed by atoms with van der Waals surface area (Å²) in [5, 5.41) is 2.90. The number of hydrogen-bond acceptors (Lipinski definition) is 5. The van der Waals surface area contributed by atoms with Crippen molar-refractivity contribution in [3.63, 3.8) is 0 Å². The summed E-state index contributed by atoms with van der Waals surface area (Å²) >= 11 is 0. The molecule has 0 bridgehead atoms. The maximum absolute atomic E-state index is 11.9. The predicted octanol–water partition coefficient (Wildman–Crippen LogP) is 0.947. The van der Waals surface area contributed by atoms with E-state index in [4.69, 9.17) is 4.74 Å². The van der Waals surface area contributed by atoms with E-state index >= 15 is 0 Å². The number of esters is 1. The van der Waals surface area contributed by atoms with Crippen molar-refractivity contribution in [1.29, 1.82) is 0 Å². The van der Waals surface area contributed by atoms with Crippen LogP contribution in [0.1, 0.15) is 39.0 Å². The van der Waals surface area contributed by atoms with Crippen LogP contribution < -0.4 is 5.32 Å². The first-order valence-corrected chi connectivity index (χ1v) is 7.83. The molecule has 0 saturated carbocycles. The summed E-state index contributed by atoms with van der Waals surface area (Å²) in [7, 11) is 1.38. The number of nitrogens with zero attached hydrogens (tertiary/aromatic N) is 1. The van der Waals surface area contributed by atoms with E-state index in [0.717, 1.165) is 32.3 Å². The fourth-order valence-corrected chi connectivity index (χ4v) is 2.33. The number of carbonyl (C=O) groups is 2. The molecule has 1 aliphatic rings. The Balaban J connectivity index is 2.37. The second-order valence-electron chi connectivity index (χ2n) is 5.40. The van der Waals surface area contributed by atoms with E-state index in [1.54, 1.807) is 0 Å². The third-order valence-electron chi connectivity index (χ3n) is 3.57. The van der Waals surface area contributed by atoms with E-state index in [9.17, 15) is 9.59 Å². The van der Waals surface area contributed by atoms with Crippen LogP contribution in [0.25, 0.3) is 0 Å². The molecule has 6 nitrogen and oxygen atoms in total. The molecule has 0 aromatic carbocycles. The summed E-state index contributed by atoms with van der Waals surface area (Å²) in [6.07, 6.45) is 4.60. The van der Waals surface area contributed by atoms with E-state index in [1.165, 1.54) is 7.11 Å². The lowest BCUT2D eigenvalue weighted by molar-refractivity contribution is -0.141. The van der Waals surface area contributed by atoms with Gasteiger partial charge in [-0.05, 0) is 19.3 Å². The fourth-order valence-electron chi connectivity index (χ4n) is 2.33. The minimum absolute atomic E-state index is 0.00585. The average molecular weight is 300 g/mol. The maximum atomic E-state index is 11.9. The number of hydrogen-bond donors (Lipinski definition) is 1. The van der Waals surface area contributed by atoms with E-state index < -0.39 is 0 Å². The second-order valence-corrected chi connectivity index (χ2v) is 5.40.